The summed E-state index contributed by atoms with van der Waals surface area (Å²) >= 11 is 0. The fourth-order valence-corrected chi connectivity index (χ4v) is 3.43. The average Bonchev–Trinajstić information content (AvgIpc) is 3.17. The Hall–Kier alpha value is -1.86. The van der Waals surface area contributed by atoms with E-state index >= 15 is 0 Å². The standard InChI is InChI=1S/2C7H8O3S.C6H12O3/c2*1-6-2-4-7(5-3-6)11(8,9)10;7-3-5-1-2-6(4-8)9-5/h2*2-5H,1H3,(H,8,9,10);5-8H,1-4H2. The second-order valence-electron chi connectivity index (χ2n) is 6.90. The number of benzene rings is 2. The summed E-state index contributed by atoms with van der Waals surface area (Å²) in [5.74, 6) is 0. The first-order valence-corrected chi connectivity index (χ1v) is 12.2. The summed E-state index contributed by atoms with van der Waals surface area (Å²) in [5, 5.41) is 17.1. The Morgan fingerprint density at radius 2 is 1.00 bits per heavy atom. The lowest BCUT2D eigenvalue weighted by atomic mass is 10.2. The van der Waals surface area contributed by atoms with Crippen molar-refractivity contribution in [1.29, 1.82) is 0 Å². The van der Waals surface area contributed by atoms with Crippen LogP contribution in [0.5, 0.6) is 0 Å². The van der Waals surface area contributed by atoms with Crippen LogP contribution in [0.2, 0.25) is 0 Å². The number of rotatable bonds is 4. The zero-order valence-corrected chi connectivity index (χ0v) is 18.9. The molecular formula is C20H28O9S2. The molecule has 4 N–H and O–H groups in total. The van der Waals surface area contributed by atoms with Gasteiger partial charge in [-0.1, -0.05) is 35.4 Å². The van der Waals surface area contributed by atoms with Gasteiger partial charge in [0, 0.05) is 0 Å². The molecule has 1 aliphatic heterocycles. The Balaban J connectivity index is 0.000000234. The third kappa shape index (κ3) is 10.3. The van der Waals surface area contributed by atoms with Gasteiger partial charge in [-0.3, -0.25) is 9.11 Å². The van der Waals surface area contributed by atoms with E-state index in [1.165, 1.54) is 24.3 Å². The van der Waals surface area contributed by atoms with Crippen molar-refractivity contribution in [2.75, 3.05) is 13.2 Å². The molecule has 0 amide bonds. The highest BCUT2D eigenvalue weighted by Crippen LogP contribution is 2.18. The molecule has 2 aromatic rings. The third-order valence-corrected chi connectivity index (χ3v) is 5.98. The van der Waals surface area contributed by atoms with Crippen molar-refractivity contribution >= 4 is 20.2 Å². The van der Waals surface area contributed by atoms with E-state index in [-0.39, 0.29) is 35.2 Å². The van der Waals surface area contributed by atoms with Crippen molar-refractivity contribution < 1.29 is 40.9 Å². The quantitative estimate of drug-likeness (QED) is 0.484. The molecule has 9 nitrogen and oxygen atoms in total. The normalized spacial score (nSPS) is 18.4. The van der Waals surface area contributed by atoms with Gasteiger partial charge in [-0.2, -0.15) is 16.8 Å². The number of hydrogen-bond acceptors (Lipinski definition) is 7. The van der Waals surface area contributed by atoms with Crippen LogP contribution >= 0.6 is 0 Å². The summed E-state index contributed by atoms with van der Waals surface area (Å²) in [7, 11) is -8.04. The van der Waals surface area contributed by atoms with Crippen LogP contribution in [0.3, 0.4) is 0 Å². The number of aryl methyl sites for hydroxylation is 2. The maximum atomic E-state index is 10.5. The predicted molar refractivity (Wildman–Crippen MR) is 114 cm³/mol. The molecule has 0 saturated carbocycles. The molecule has 2 aromatic carbocycles. The molecule has 174 valence electrons. The maximum Gasteiger partial charge on any atom is 0.294 e. The Bertz CT molecular complexity index is 916. The second kappa shape index (κ2) is 12.2. The minimum Gasteiger partial charge on any atom is -0.394 e. The van der Waals surface area contributed by atoms with E-state index in [4.69, 9.17) is 24.1 Å². The Morgan fingerprint density at radius 3 is 1.19 bits per heavy atom. The Morgan fingerprint density at radius 1 is 0.710 bits per heavy atom. The summed E-state index contributed by atoms with van der Waals surface area (Å²) in [6.45, 7) is 3.84. The molecular weight excluding hydrogens is 448 g/mol. The molecule has 0 aliphatic carbocycles. The molecule has 1 heterocycles. The Kier molecular flexibility index (Phi) is 10.7. The van der Waals surface area contributed by atoms with Crippen LogP contribution in [0.1, 0.15) is 24.0 Å². The first-order valence-electron chi connectivity index (χ1n) is 9.32. The van der Waals surface area contributed by atoms with Gasteiger partial charge >= 0.3 is 0 Å². The molecule has 1 aliphatic rings. The summed E-state index contributed by atoms with van der Waals surface area (Å²) in [5.41, 5.74) is 1.91. The van der Waals surface area contributed by atoms with E-state index in [1.54, 1.807) is 24.3 Å². The van der Waals surface area contributed by atoms with Crippen LogP contribution in [0.15, 0.2) is 58.3 Å². The second-order valence-corrected chi connectivity index (χ2v) is 9.74. The molecule has 2 atom stereocenters. The molecule has 0 aromatic heterocycles. The molecule has 0 bridgehead atoms. The Labute approximate surface area is 182 Å². The van der Waals surface area contributed by atoms with E-state index in [9.17, 15) is 16.8 Å². The SMILES string of the molecule is Cc1ccc(S(=O)(=O)O)cc1.Cc1ccc(S(=O)(=O)O)cc1.OCC1CCC(CO)O1. The molecule has 0 radical (unpaired) electrons. The molecule has 1 fully saturated rings. The smallest absolute Gasteiger partial charge is 0.294 e. The largest absolute Gasteiger partial charge is 0.394 e. The van der Waals surface area contributed by atoms with Crippen LogP contribution in [0, 0.1) is 13.8 Å². The number of hydrogen-bond donors (Lipinski definition) is 4. The summed E-state index contributed by atoms with van der Waals surface area (Å²) < 4.78 is 64.3. The number of aliphatic hydroxyl groups is 2. The lowest BCUT2D eigenvalue weighted by molar-refractivity contribution is -0.0119. The molecule has 1 saturated heterocycles. The third-order valence-electron chi connectivity index (χ3n) is 4.24. The van der Waals surface area contributed by atoms with Crippen LogP contribution in [-0.4, -0.2) is 61.6 Å². The van der Waals surface area contributed by atoms with Crippen LogP contribution in [0.4, 0.5) is 0 Å². The van der Waals surface area contributed by atoms with Crippen LogP contribution < -0.4 is 0 Å². The monoisotopic (exact) mass is 476 g/mol. The van der Waals surface area contributed by atoms with Crippen molar-refractivity contribution in [3.8, 4) is 0 Å². The van der Waals surface area contributed by atoms with Gasteiger partial charge in [0.25, 0.3) is 20.2 Å². The topological polar surface area (TPSA) is 158 Å². The highest BCUT2D eigenvalue weighted by Gasteiger charge is 2.23. The van der Waals surface area contributed by atoms with Gasteiger partial charge in [-0.05, 0) is 51.0 Å². The van der Waals surface area contributed by atoms with Crippen molar-refractivity contribution in [2.45, 2.75) is 48.7 Å². The molecule has 2 unspecified atom stereocenters. The highest BCUT2D eigenvalue weighted by molar-refractivity contribution is 7.86. The van der Waals surface area contributed by atoms with Crippen molar-refractivity contribution in [3.05, 3.63) is 59.7 Å². The zero-order valence-electron chi connectivity index (χ0n) is 17.2. The van der Waals surface area contributed by atoms with E-state index < -0.39 is 20.2 Å². The highest BCUT2D eigenvalue weighted by atomic mass is 32.2. The van der Waals surface area contributed by atoms with Gasteiger partial charge in [-0.25, -0.2) is 0 Å². The van der Waals surface area contributed by atoms with E-state index in [1.807, 2.05) is 13.8 Å². The van der Waals surface area contributed by atoms with Crippen LogP contribution in [-0.2, 0) is 25.0 Å². The molecule has 31 heavy (non-hydrogen) atoms. The van der Waals surface area contributed by atoms with Gasteiger partial charge < -0.3 is 14.9 Å². The lowest BCUT2D eigenvalue weighted by Gasteiger charge is -2.07. The maximum absolute atomic E-state index is 10.5. The van der Waals surface area contributed by atoms with Gasteiger partial charge in [0.05, 0.1) is 35.2 Å². The zero-order chi connectivity index (χ0) is 23.7. The first kappa shape index (κ1) is 27.2. The fraction of sp³-hybridized carbons (Fsp3) is 0.400. The summed E-state index contributed by atoms with van der Waals surface area (Å²) in [6, 6.07) is 12.0. The molecule has 11 heteroatoms. The fourth-order valence-electron chi connectivity index (χ4n) is 2.47. The van der Waals surface area contributed by atoms with E-state index in [2.05, 4.69) is 0 Å². The van der Waals surface area contributed by atoms with Crippen molar-refractivity contribution in [1.82, 2.24) is 0 Å². The summed E-state index contributed by atoms with van der Waals surface area (Å²) in [6.07, 6.45) is 1.70. The van der Waals surface area contributed by atoms with E-state index in [0.717, 1.165) is 24.0 Å². The molecule has 3 rings (SSSR count). The van der Waals surface area contributed by atoms with Gasteiger partial charge in [0.15, 0.2) is 0 Å². The minimum absolute atomic E-state index is 0.0258. The van der Waals surface area contributed by atoms with Crippen LogP contribution in [0.25, 0.3) is 0 Å². The lowest BCUT2D eigenvalue weighted by Crippen LogP contribution is -2.16. The van der Waals surface area contributed by atoms with Crippen molar-refractivity contribution in [2.24, 2.45) is 0 Å². The van der Waals surface area contributed by atoms with Gasteiger partial charge in [0.1, 0.15) is 0 Å². The van der Waals surface area contributed by atoms with Gasteiger partial charge in [0.2, 0.25) is 0 Å². The summed E-state index contributed by atoms with van der Waals surface area (Å²) in [4.78, 5) is -0.133. The first-order chi connectivity index (χ1) is 14.4. The van der Waals surface area contributed by atoms with Gasteiger partial charge in [-0.15, -0.1) is 0 Å². The average molecular weight is 477 g/mol. The predicted octanol–water partition coefficient (Wildman–Crippen LogP) is 2.00. The van der Waals surface area contributed by atoms with Crippen molar-refractivity contribution in [3.63, 3.8) is 0 Å². The number of ether oxygens (including phenoxy) is 1. The number of aliphatic hydroxyl groups excluding tert-OH is 2. The van der Waals surface area contributed by atoms with E-state index in [0.29, 0.717) is 0 Å². The molecule has 0 spiro atoms. The minimum atomic E-state index is -4.02.